The predicted molar refractivity (Wildman–Crippen MR) is 132 cm³/mol. The molecule has 1 aliphatic carbocycles. The lowest BCUT2D eigenvalue weighted by Gasteiger charge is -2.37. The Morgan fingerprint density at radius 3 is 2.24 bits per heavy atom. The summed E-state index contributed by atoms with van der Waals surface area (Å²) in [4.78, 5) is 36.4. The van der Waals surface area contributed by atoms with Crippen LogP contribution in [0.25, 0.3) is 11.1 Å². The molecule has 1 atom stereocenters. The molecule has 1 aliphatic heterocycles. The van der Waals surface area contributed by atoms with E-state index in [1.807, 2.05) is 24.3 Å². The Bertz CT molecular complexity index is 1020. The smallest absolute Gasteiger partial charge is 0.407 e. The number of carbonyl (C=O) groups excluding carboxylic acids is 2. The van der Waals surface area contributed by atoms with Gasteiger partial charge in [0.25, 0.3) is 0 Å². The van der Waals surface area contributed by atoms with Crippen molar-refractivity contribution in [1.29, 1.82) is 0 Å². The van der Waals surface area contributed by atoms with E-state index < -0.39 is 23.6 Å². The van der Waals surface area contributed by atoms with Crippen LogP contribution in [0.2, 0.25) is 0 Å². The fourth-order valence-corrected chi connectivity index (χ4v) is 6.19. The van der Waals surface area contributed by atoms with Crippen molar-refractivity contribution in [2.45, 2.75) is 50.1 Å². The molecule has 8 heteroatoms. The molecule has 2 aromatic rings. The fraction of sp³-hybridized carbons (Fsp3) is 0.423. The molecular formula is C26H30N2O5S. The van der Waals surface area contributed by atoms with Crippen LogP contribution >= 0.6 is 11.8 Å². The summed E-state index contributed by atoms with van der Waals surface area (Å²) in [5.74, 6) is 0.427. The molecule has 4 rings (SSSR count). The van der Waals surface area contributed by atoms with Gasteiger partial charge in [0.1, 0.15) is 6.61 Å². The van der Waals surface area contributed by atoms with Crippen LogP contribution in [-0.2, 0) is 14.3 Å². The number of amides is 2. The van der Waals surface area contributed by atoms with Gasteiger partial charge in [-0.05, 0) is 53.5 Å². The van der Waals surface area contributed by atoms with E-state index in [-0.39, 0.29) is 31.3 Å². The number of thioether (sulfide) groups is 1. The standard InChI is InChI=1S/C26H30N2O5S/c1-17(14-23(29)28-26(15-24(30)31)10-12-34-13-11-26)27-25(32)33-16-22-20-8-4-2-6-18(20)19-7-3-5-9-21(19)22/h2-9,17,22H,10-16H2,1H3,(H,27,32)(H,28,29)(H,30,31). The van der Waals surface area contributed by atoms with Crippen LogP contribution in [0.1, 0.15) is 49.7 Å². The molecule has 2 amide bonds. The monoisotopic (exact) mass is 482 g/mol. The summed E-state index contributed by atoms with van der Waals surface area (Å²) in [5, 5.41) is 15.0. The van der Waals surface area contributed by atoms with Gasteiger partial charge in [0, 0.05) is 18.4 Å². The molecule has 0 aromatic heterocycles. The van der Waals surface area contributed by atoms with E-state index in [1.54, 1.807) is 18.7 Å². The van der Waals surface area contributed by atoms with Crippen molar-refractivity contribution in [2.75, 3.05) is 18.1 Å². The van der Waals surface area contributed by atoms with Crippen molar-refractivity contribution in [1.82, 2.24) is 10.6 Å². The van der Waals surface area contributed by atoms with Gasteiger partial charge in [-0.15, -0.1) is 0 Å². The van der Waals surface area contributed by atoms with E-state index in [1.165, 1.54) is 0 Å². The predicted octanol–water partition coefficient (Wildman–Crippen LogP) is 4.16. The molecule has 1 saturated heterocycles. The highest BCUT2D eigenvalue weighted by Crippen LogP contribution is 2.44. The zero-order chi connectivity index (χ0) is 24.1. The first kappa shape index (κ1) is 24.1. The van der Waals surface area contributed by atoms with Gasteiger partial charge in [-0.1, -0.05) is 48.5 Å². The van der Waals surface area contributed by atoms with E-state index >= 15 is 0 Å². The second kappa shape index (κ2) is 10.5. The molecule has 180 valence electrons. The Morgan fingerprint density at radius 1 is 1.06 bits per heavy atom. The normalized spacial score (nSPS) is 17.2. The lowest BCUT2D eigenvalue weighted by atomic mass is 9.88. The number of ether oxygens (including phenoxy) is 1. The third-order valence-corrected chi connectivity index (χ3v) is 7.53. The molecule has 0 spiro atoms. The van der Waals surface area contributed by atoms with Gasteiger partial charge in [-0.2, -0.15) is 11.8 Å². The highest BCUT2D eigenvalue weighted by molar-refractivity contribution is 7.99. The topological polar surface area (TPSA) is 105 Å². The molecule has 2 aromatic carbocycles. The lowest BCUT2D eigenvalue weighted by molar-refractivity contribution is -0.139. The summed E-state index contributed by atoms with van der Waals surface area (Å²) in [6.45, 7) is 1.94. The number of carboxylic acid groups (broad SMARTS) is 1. The van der Waals surface area contributed by atoms with E-state index in [0.717, 1.165) is 33.8 Å². The maximum absolute atomic E-state index is 12.6. The molecule has 7 nitrogen and oxygen atoms in total. The second-order valence-electron chi connectivity index (χ2n) is 9.09. The molecular weight excluding hydrogens is 452 g/mol. The van der Waals surface area contributed by atoms with Crippen molar-refractivity contribution in [3.63, 3.8) is 0 Å². The first-order valence-corrected chi connectivity index (χ1v) is 12.7. The summed E-state index contributed by atoms with van der Waals surface area (Å²) in [5.41, 5.74) is 3.89. The van der Waals surface area contributed by atoms with Crippen LogP contribution in [0.5, 0.6) is 0 Å². The molecule has 0 saturated carbocycles. The zero-order valence-corrected chi connectivity index (χ0v) is 20.0. The third-order valence-electron chi connectivity index (χ3n) is 6.54. The van der Waals surface area contributed by atoms with Crippen LogP contribution in [-0.4, -0.2) is 52.8 Å². The average Bonchev–Trinajstić information content (AvgIpc) is 3.11. The highest BCUT2D eigenvalue weighted by atomic mass is 32.2. The number of aliphatic carboxylic acids is 1. The van der Waals surface area contributed by atoms with Gasteiger partial charge in [0.15, 0.2) is 0 Å². The van der Waals surface area contributed by atoms with E-state index in [0.29, 0.717) is 12.8 Å². The zero-order valence-electron chi connectivity index (χ0n) is 19.2. The largest absolute Gasteiger partial charge is 0.481 e. The highest BCUT2D eigenvalue weighted by Gasteiger charge is 2.36. The Kier molecular flexibility index (Phi) is 7.46. The van der Waals surface area contributed by atoms with Crippen molar-refractivity contribution in [3.8, 4) is 11.1 Å². The van der Waals surface area contributed by atoms with E-state index in [4.69, 9.17) is 4.74 Å². The third kappa shape index (κ3) is 5.55. The number of alkyl carbamates (subject to hydrolysis) is 1. The summed E-state index contributed by atoms with van der Waals surface area (Å²) in [6, 6.07) is 15.8. The van der Waals surface area contributed by atoms with Gasteiger partial charge >= 0.3 is 12.1 Å². The first-order valence-electron chi connectivity index (χ1n) is 11.6. The van der Waals surface area contributed by atoms with Crippen LogP contribution in [0, 0.1) is 0 Å². The molecule has 1 fully saturated rings. The maximum Gasteiger partial charge on any atom is 0.407 e. The number of rotatable bonds is 8. The van der Waals surface area contributed by atoms with Crippen LogP contribution in [0.15, 0.2) is 48.5 Å². The number of carboxylic acids is 1. The molecule has 1 heterocycles. The fourth-order valence-electron chi connectivity index (χ4n) is 4.91. The molecule has 0 bridgehead atoms. The number of hydrogen-bond donors (Lipinski definition) is 3. The second-order valence-corrected chi connectivity index (χ2v) is 10.3. The minimum absolute atomic E-state index is 0.0307. The van der Waals surface area contributed by atoms with Crippen molar-refractivity contribution < 1.29 is 24.2 Å². The van der Waals surface area contributed by atoms with E-state index in [9.17, 15) is 19.5 Å². The number of nitrogens with one attached hydrogen (secondary N) is 2. The molecule has 0 radical (unpaired) electrons. The minimum atomic E-state index is -0.919. The molecule has 2 aliphatic rings. The number of carbonyl (C=O) groups is 3. The van der Waals surface area contributed by atoms with E-state index in [2.05, 4.69) is 34.9 Å². The Morgan fingerprint density at radius 2 is 1.65 bits per heavy atom. The summed E-state index contributed by atoms with van der Waals surface area (Å²) >= 11 is 1.76. The van der Waals surface area contributed by atoms with Gasteiger partial charge in [-0.25, -0.2) is 4.79 Å². The SMILES string of the molecule is CC(CC(=O)NC1(CC(=O)O)CCSCC1)NC(=O)OCC1c2ccccc2-c2ccccc21. The van der Waals surface area contributed by atoms with Crippen LogP contribution in [0.3, 0.4) is 0 Å². The van der Waals surface area contributed by atoms with Gasteiger partial charge in [0.2, 0.25) is 5.91 Å². The van der Waals surface area contributed by atoms with Gasteiger partial charge < -0.3 is 20.5 Å². The van der Waals surface area contributed by atoms with Gasteiger partial charge in [-0.3, -0.25) is 9.59 Å². The first-order chi connectivity index (χ1) is 16.4. The molecule has 34 heavy (non-hydrogen) atoms. The number of benzene rings is 2. The van der Waals surface area contributed by atoms with Crippen LogP contribution in [0.4, 0.5) is 4.79 Å². The molecule has 3 N–H and O–H groups in total. The Balaban J connectivity index is 1.30. The number of hydrogen-bond acceptors (Lipinski definition) is 5. The van der Waals surface area contributed by atoms with Crippen molar-refractivity contribution in [2.24, 2.45) is 0 Å². The average molecular weight is 483 g/mol. The Labute approximate surface area is 203 Å². The minimum Gasteiger partial charge on any atom is -0.481 e. The lowest BCUT2D eigenvalue weighted by Crippen LogP contribution is -2.53. The number of fused-ring (bicyclic) bond motifs is 3. The van der Waals surface area contributed by atoms with Gasteiger partial charge in [0.05, 0.1) is 12.0 Å². The maximum atomic E-state index is 12.6. The van der Waals surface area contributed by atoms with Crippen molar-refractivity contribution in [3.05, 3.63) is 59.7 Å². The quantitative estimate of drug-likeness (QED) is 0.522. The molecule has 1 unspecified atom stereocenters. The summed E-state index contributed by atoms with van der Waals surface area (Å²) < 4.78 is 5.55. The van der Waals surface area contributed by atoms with Crippen molar-refractivity contribution >= 4 is 29.7 Å². The summed E-state index contributed by atoms with van der Waals surface area (Å²) in [7, 11) is 0. The Hall–Kier alpha value is -3.00. The van der Waals surface area contributed by atoms with Crippen LogP contribution < -0.4 is 10.6 Å². The summed E-state index contributed by atoms with van der Waals surface area (Å²) in [6.07, 6.45) is 0.650.